The van der Waals surface area contributed by atoms with Crippen LogP contribution in [0.15, 0.2) is 12.3 Å². The van der Waals surface area contributed by atoms with Crippen molar-refractivity contribution < 1.29 is 0 Å². The van der Waals surface area contributed by atoms with E-state index in [0.717, 1.165) is 10.9 Å². The lowest BCUT2D eigenvalue weighted by Crippen LogP contribution is -1.98. The number of pyridine rings is 1. The summed E-state index contributed by atoms with van der Waals surface area (Å²) in [6, 6.07) is 1.80. The van der Waals surface area contributed by atoms with Crippen LogP contribution in [0.2, 0.25) is 0 Å². The topological polar surface area (TPSA) is 64.9 Å². The summed E-state index contributed by atoms with van der Waals surface area (Å²) in [4.78, 5) is 3.87. The van der Waals surface area contributed by atoms with E-state index in [9.17, 15) is 0 Å². The van der Waals surface area contributed by atoms with Gasteiger partial charge in [0.2, 0.25) is 0 Å². The number of alkyl halides is 1. The molecular weight excluding hydrogens is 194 g/mol. The van der Waals surface area contributed by atoms with E-state index in [2.05, 4.69) is 20.9 Å². The number of hydrogen-bond acceptors (Lipinski definition) is 3. The highest BCUT2D eigenvalue weighted by Crippen LogP contribution is 2.13. The SMILES string of the molecule is Nc1cc(CBr)cnc1N. The van der Waals surface area contributed by atoms with E-state index in [0.29, 0.717) is 11.5 Å². The Morgan fingerprint density at radius 3 is 2.70 bits per heavy atom. The van der Waals surface area contributed by atoms with E-state index in [4.69, 9.17) is 11.5 Å². The van der Waals surface area contributed by atoms with Gasteiger partial charge >= 0.3 is 0 Å². The summed E-state index contributed by atoms with van der Waals surface area (Å²) in [6.45, 7) is 0. The van der Waals surface area contributed by atoms with Crippen LogP contribution < -0.4 is 11.5 Å². The normalized spacial score (nSPS) is 9.70. The van der Waals surface area contributed by atoms with Gasteiger partial charge < -0.3 is 11.5 Å². The average molecular weight is 202 g/mol. The molecule has 0 spiro atoms. The Bertz CT molecular complexity index is 236. The van der Waals surface area contributed by atoms with Gasteiger partial charge in [0.25, 0.3) is 0 Å². The molecule has 0 saturated carbocycles. The Kier molecular flexibility index (Phi) is 2.11. The summed E-state index contributed by atoms with van der Waals surface area (Å²) >= 11 is 3.28. The fourth-order valence-electron chi connectivity index (χ4n) is 0.611. The van der Waals surface area contributed by atoms with Crippen LogP contribution in [0.25, 0.3) is 0 Å². The first-order chi connectivity index (χ1) is 4.74. The molecule has 0 aliphatic heterocycles. The molecule has 0 saturated heterocycles. The van der Waals surface area contributed by atoms with E-state index in [1.54, 1.807) is 12.3 Å². The van der Waals surface area contributed by atoms with Gasteiger partial charge in [-0.25, -0.2) is 4.98 Å². The summed E-state index contributed by atoms with van der Waals surface area (Å²) < 4.78 is 0. The van der Waals surface area contributed by atoms with Crippen LogP contribution in [0.4, 0.5) is 11.5 Å². The molecule has 1 heterocycles. The van der Waals surface area contributed by atoms with Crippen molar-refractivity contribution in [3.63, 3.8) is 0 Å². The molecule has 0 atom stereocenters. The summed E-state index contributed by atoms with van der Waals surface area (Å²) in [7, 11) is 0. The first kappa shape index (κ1) is 7.34. The third kappa shape index (κ3) is 1.39. The number of rotatable bonds is 1. The van der Waals surface area contributed by atoms with Crippen molar-refractivity contribution in [2.75, 3.05) is 11.5 Å². The van der Waals surface area contributed by atoms with Crippen molar-refractivity contribution >= 4 is 27.4 Å². The second kappa shape index (κ2) is 2.88. The van der Waals surface area contributed by atoms with Crippen molar-refractivity contribution in [2.45, 2.75) is 5.33 Å². The Balaban J connectivity index is 3.04. The largest absolute Gasteiger partial charge is 0.396 e. The van der Waals surface area contributed by atoms with E-state index in [1.165, 1.54) is 0 Å². The minimum absolute atomic E-state index is 0.393. The van der Waals surface area contributed by atoms with Gasteiger partial charge in [-0.2, -0.15) is 0 Å². The maximum Gasteiger partial charge on any atom is 0.146 e. The zero-order valence-corrected chi connectivity index (χ0v) is 6.93. The lowest BCUT2D eigenvalue weighted by molar-refractivity contribution is 1.27. The van der Waals surface area contributed by atoms with Gasteiger partial charge in [0, 0.05) is 11.5 Å². The first-order valence-corrected chi connectivity index (χ1v) is 3.92. The van der Waals surface area contributed by atoms with E-state index in [-0.39, 0.29) is 0 Å². The van der Waals surface area contributed by atoms with Gasteiger partial charge in [-0.15, -0.1) is 0 Å². The molecule has 1 aromatic rings. The summed E-state index contributed by atoms with van der Waals surface area (Å²) in [5.41, 5.74) is 12.5. The fraction of sp³-hybridized carbons (Fsp3) is 0.167. The van der Waals surface area contributed by atoms with Crippen molar-refractivity contribution in [1.82, 2.24) is 4.98 Å². The molecule has 4 N–H and O–H groups in total. The summed E-state index contributed by atoms with van der Waals surface area (Å²) in [6.07, 6.45) is 1.69. The smallest absolute Gasteiger partial charge is 0.146 e. The number of nitrogens with two attached hydrogens (primary N) is 2. The van der Waals surface area contributed by atoms with E-state index in [1.807, 2.05) is 0 Å². The van der Waals surface area contributed by atoms with E-state index < -0.39 is 0 Å². The van der Waals surface area contributed by atoms with Crippen molar-refractivity contribution in [3.8, 4) is 0 Å². The summed E-state index contributed by atoms with van der Waals surface area (Å²) in [5.74, 6) is 0.393. The van der Waals surface area contributed by atoms with Gasteiger partial charge in [-0.3, -0.25) is 0 Å². The number of halogens is 1. The van der Waals surface area contributed by atoms with Crippen molar-refractivity contribution in [3.05, 3.63) is 17.8 Å². The zero-order valence-electron chi connectivity index (χ0n) is 5.34. The molecule has 0 aromatic carbocycles. The van der Waals surface area contributed by atoms with Crippen LogP contribution >= 0.6 is 15.9 Å². The highest BCUT2D eigenvalue weighted by atomic mass is 79.9. The Hall–Kier alpha value is -0.770. The van der Waals surface area contributed by atoms with Crippen molar-refractivity contribution in [1.29, 1.82) is 0 Å². The van der Waals surface area contributed by atoms with Gasteiger partial charge in [0.1, 0.15) is 5.82 Å². The highest BCUT2D eigenvalue weighted by molar-refractivity contribution is 9.08. The monoisotopic (exact) mass is 201 g/mol. The van der Waals surface area contributed by atoms with Gasteiger partial charge in [0.15, 0.2) is 0 Å². The fourth-order valence-corrected chi connectivity index (χ4v) is 0.918. The van der Waals surface area contributed by atoms with Gasteiger partial charge in [-0.1, -0.05) is 15.9 Å². The standard InChI is InChI=1S/C6H8BrN3/c7-2-4-1-5(8)6(9)10-3-4/h1,3H,2,8H2,(H2,9,10). The molecule has 0 bridgehead atoms. The zero-order chi connectivity index (χ0) is 7.56. The Morgan fingerprint density at radius 2 is 2.20 bits per heavy atom. The molecule has 3 nitrogen and oxygen atoms in total. The van der Waals surface area contributed by atoms with Crippen LogP contribution in [0.5, 0.6) is 0 Å². The van der Waals surface area contributed by atoms with Crippen LogP contribution in [0.3, 0.4) is 0 Å². The lowest BCUT2D eigenvalue weighted by Gasteiger charge is -1.99. The molecule has 4 heteroatoms. The van der Waals surface area contributed by atoms with Crippen LogP contribution in [0.1, 0.15) is 5.56 Å². The third-order valence-corrected chi connectivity index (χ3v) is 1.81. The average Bonchev–Trinajstić information content (AvgIpc) is 1.95. The number of hydrogen-bond donors (Lipinski definition) is 2. The van der Waals surface area contributed by atoms with Gasteiger partial charge in [0.05, 0.1) is 5.69 Å². The minimum atomic E-state index is 0.393. The number of nitrogens with zero attached hydrogens (tertiary/aromatic N) is 1. The maximum absolute atomic E-state index is 5.49. The molecule has 54 valence electrons. The first-order valence-electron chi connectivity index (χ1n) is 2.80. The molecule has 0 aliphatic carbocycles. The highest BCUT2D eigenvalue weighted by Gasteiger charge is 1.95. The van der Waals surface area contributed by atoms with Crippen molar-refractivity contribution in [2.24, 2.45) is 0 Å². The maximum atomic E-state index is 5.49. The lowest BCUT2D eigenvalue weighted by atomic mass is 10.3. The second-order valence-corrected chi connectivity index (χ2v) is 2.51. The van der Waals surface area contributed by atoms with Gasteiger partial charge in [-0.05, 0) is 11.6 Å². The third-order valence-electron chi connectivity index (χ3n) is 1.16. The quantitative estimate of drug-likeness (QED) is 0.671. The molecule has 0 amide bonds. The predicted octanol–water partition coefficient (Wildman–Crippen LogP) is 1.14. The Morgan fingerprint density at radius 1 is 1.50 bits per heavy atom. The molecular formula is C6H8BrN3. The Labute approximate surface area is 67.6 Å². The van der Waals surface area contributed by atoms with Crippen LogP contribution in [0, 0.1) is 0 Å². The molecule has 0 fully saturated rings. The molecule has 10 heavy (non-hydrogen) atoms. The molecule has 0 radical (unpaired) electrons. The molecule has 0 aliphatic rings. The van der Waals surface area contributed by atoms with Crippen LogP contribution in [-0.2, 0) is 5.33 Å². The molecule has 1 rings (SSSR count). The minimum Gasteiger partial charge on any atom is -0.396 e. The predicted molar refractivity (Wildman–Crippen MR) is 45.7 cm³/mol. The summed E-state index contributed by atoms with van der Waals surface area (Å²) in [5, 5.41) is 0.754. The molecule has 1 aromatic heterocycles. The number of nitrogen functional groups attached to an aromatic ring is 2. The number of aromatic nitrogens is 1. The second-order valence-electron chi connectivity index (χ2n) is 1.95. The van der Waals surface area contributed by atoms with Crippen LogP contribution in [-0.4, -0.2) is 4.98 Å². The number of anilines is 2. The molecule has 0 unspecified atom stereocenters. The van der Waals surface area contributed by atoms with E-state index >= 15 is 0 Å².